The molecule has 3 aromatic rings. The summed E-state index contributed by atoms with van der Waals surface area (Å²) < 4.78 is 82.3. The lowest BCUT2D eigenvalue weighted by molar-refractivity contribution is -0.143. The molecule has 184 valence electrons. The van der Waals surface area contributed by atoms with Gasteiger partial charge in [0.1, 0.15) is 0 Å². The van der Waals surface area contributed by atoms with Crippen LogP contribution in [0, 0.1) is 11.5 Å². The van der Waals surface area contributed by atoms with Gasteiger partial charge in [0.25, 0.3) is 0 Å². The Hall–Kier alpha value is -3.43. The molecule has 35 heavy (non-hydrogen) atoms. The Morgan fingerprint density at radius 3 is 2.40 bits per heavy atom. The molecule has 0 aliphatic carbocycles. The highest BCUT2D eigenvalue weighted by molar-refractivity contribution is 6.36. The Labute approximate surface area is 204 Å². The highest BCUT2D eigenvalue weighted by Crippen LogP contribution is 2.39. The summed E-state index contributed by atoms with van der Waals surface area (Å²) in [5.41, 5.74) is -3.23. The van der Waals surface area contributed by atoms with Gasteiger partial charge in [-0.3, -0.25) is 0 Å². The Bertz CT molecular complexity index is 1250. The Morgan fingerprint density at radius 2 is 1.83 bits per heavy atom. The molecule has 14 heteroatoms. The van der Waals surface area contributed by atoms with Crippen LogP contribution in [0.4, 0.5) is 32.0 Å². The first-order valence-corrected chi connectivity index (χ1v) is 10.3. The highest BCUT2D eigenvalue weighted by Gasteiger charge is 2.39. The van der Waals surface area contributed by atoms with Crippen LogP contribution in [-0.4, -0.2) is 15.5 Å². The number of guanidine groups is 1. The fourth-order valence-electron chi connectivity index (χ4n) is 3.14. The van der Waals surface area contributed by atoms with Crippen molar-refractivity contribution in [3.05, 3.63) is 81.9 Å². The lowest BCUT2D eigenvalue weighted by Crippen LogP contribution is -2.37. The fourth-order valence-corrected chi connectivity index (χ4v) is 3.59. The van der Waals surface area contributed by atoms with Crippen molar-refractivity contribution in [2.45, 2.75) is 24.9 Å². The van der Waals surface area contributed by atoms with Gasteiger partial charge < -0.3 is 15.2 Å². The average Bonchev–Trinajstić information content (AvgIpc) is 3.27. The van der Waals surface area contributed by atoms with Crippen molar-refractivity contribution in [1.82, 2.24) is 14.9 Å². The zero-order valence-corrected chi connectivity index (χ0v) is 18.8. The first-order chi connectivity index (χ1) is 16.4. The molecule has 3 rings (SSSR count). The van der Waals surface area contributed by atoms with Crippen LogP contribution in [0.25, 0.3) is 0 Å². The van der Waals surface area contributed by atoms with Crippen LogP contribution in [-0.2, 0) is 18.9 Å². The van der Waals surface area contributed by atoms with E-state index in [4.69, 9.17) is 28.5 Å². The molecule has 1 aromatic heterocycles. The normalized spacial score (nSPS) is 13.3. The SMILES string of the molecule is N#CN=C(Nc1ccc(Cl)cc1Cl)NC(Cn1ccnc1)c1ccc(C(F)(F)F)cc1C(F)(F)F. The molecule has 2 N–H and O–H groups in total. The minimum absolute atomic E-state index is 0.0442. The molecule has 0 saturated carbocycles. The predicted octanol–water partition coefficient (Wildman–Crippen LogP) is 6.51. The molecule has 0 spiro atoms. The molecule has 6 nitrogen and oxygen atoms in total. The van der Waals surface area contributed by atoms with E-state index in [0.29, 0.717) is 11.1 Å². The van der Waals surface area contributed by atoms with Crippen LogP contribution in [0.5, 0.6) is 0 Å². The summed E-state index contributed by atoms with van der Waals surface area (Å²) in [4.78, 5) is 7.37. The minimum Gasteiger partial charge on any atom is -0.347 e. The summed E-state index contributed by atoms with van der Waals surface area (Å²) >= 11 is 12.0. The van der Waals surface area contributed by atoms with Crippen molar-refractivity contribution < 1.29 is 26.3 Å². The molecule has 0 fully saturated rings. The van der Waals surface area contributed by atoms with E-state index in [1.54, 1.807) is 0 Å². The summed E-state index contributed by atoms with van der Waals surface area (Å²) in [6, 6.07) is 4.34. The number of alkyl halides is 6. The van der Waals surface area contributed by atoms with Gasteiger partial charge >= 0.3 is 12.4 Å². The van der Waals surface area contributed by atoms with E-state index in [-0.39, 0.29) is 29.3 Å². The molecule has 0 amide bonds. The number of hydrogen-bond donors (Lipinski definition) is 2. The van der Waals surface area contributed by atoms with Gasteiger partial charge in [-0.15, -0.1) is 4.99 Å². The van der Waals surface area contributed by atoms with E-state index in [9.17, 15) is 26.3 Å². The van der Waals surface area contributed by atoms with Gasteiger partial charge in [0.15, 0.2) is 0 Å². The van der Waals surface area contributed by atoms with Crippen molar-refractivity contribution in [3.8, 4) is 6.19 Å². The molecular weight excluding hydrogens is 521 g/mol. The number of imidazole rings is 1. The van der Waals surface area contributed by atoms with E-state index in [0.717, 1.165) is 6.07 Å². The van der Waals surface area contributed by atoms with Gasteiger partial charge in [-0.1, -0.05) is 29.3 Å². The van der Waals surface area contributed by atoms with Gasteiger partial charge in [-0.05, 0) is 35.9 Å². The number of nitrogens with one attached hydrogen (secondary N) is 2. The third-order valence-electron chi connectivity index (χ3n) is 4.67. The molecule has 0 aliphatic heterocycles. The second-order valence-electron chi connectivity index (χ2n) is 7.06. The first kappa shape index (κ1) is 26.2. The van der Waals surface area contributed by atoms with E-state index < -0.39 is 35.1 Å². The van der Waals surface area contributed by atoms with E-state index in [1.165, 1.54) is 47.7 Å². The summed E-state index contributed by atoms with van der Waals surface area (Å²) in [6.07, 6.45) is -4.42. The Morgan fingerprint density at radius 1 is 1.09 bits per heavy atom. The lowest BCUT2D eigenvalue weighted by atomic mass is 9.97. The van der Waals surface area contributed by atoms with Crippen LogP contribution >= 0.6 is 23.2 Å². The highest BCUT2D eigenvalue weighted by atomic mass is 35.5. The average molecular weight is 535 g/mol. The van der Waals surface area contributed by atoms with Crippen LogP contribution in [0.3, 0.4) is 0 Å². The van der Waals surface area contributed by atoms with Crippen molar-refractivity contribution in [2.75, 3.05) is 5.32 Å². The summed E-state index contributed by atoms with van der Waals surface area (Å²) in [6.45, 7) is -0.199. The van der Waals surface area contributed by atoms with Crippen LogP contribution in [0.15, 0.2) is 60.1 Å². The number of aliphatic imine (C=N–C) groups is 1. The maximum absolute atomic E-state index is 13.8. The monoisotopic (exact) mass is 534 g/mol. The first-order valence-electron chi connectivity index (χ1n) is 9.58. The Kier molecular flexibility index (Phi) is 7.82. The molecule has 0 bridgehead atoms. The van der Waals surface area contributed by atoms with Crippen molar-refractivity contribution >= 4 is 34.8 Å². The minimum atomic E-state index is -5.11. The summed E-state index contributed by atoms with van der Waals surface area (Å²) in [7, 11) is 0. The number of hydrogen-bond acceptors (Lipinski definition) is 3. The van der Waals surface area contributed by atoms with Crippen LogP contribution in [0.2, 0.25) is 10.0 Å². The molecule has 1 heterocycles. The number of nitrogens with zero attached hydrogens (tertiary/aromatic N) is 4. The molecule has 0 saturated heterocycles. The zero-order valence-electron chi connectivity index (χ0n) is 17.3. The molecular formula is C21H14Cl2F6N6. The number of rotatable bonds is 5. The summed E-state index contributed by atoms with van der Waals surface area (Å²) in [5, 5.41) is 14.9. The third-order valence-corrected chi connectivity index (χ3v) is 5.22. The fraction of sp³-hybridized carbons (Fsp3) is 0.190. The zero-order chi connectivity index (χ0) is 25.8. The van der Waals surface area contributed by atoms with Crippen LogP contribution < -0.4 is 10.6 Å². The van der Waals surface area contributed by atoms with Crippen molar-refractivity contribution in [3.63, 3.8) is 0 Å². The molecule has 2 aromatic carbocycles. The quantitative estimate of drug-likeness (QED) is 0.169. The predicted molar refractivity (Wildman–Crippen MR) is 118 cm³/mol. The van der Waals surface area contributed by atoms with Gasteiger partial charge in [0.2, 0.25) is 12.2 Å². The number of nitriles is 1. The van der Waals surface area contributed by atoms with Crippen molar-refractivity contribution in [1.29, 1.82) is 5.26 Å². The van der Waals surface area contributed by atoms with Crippen LogP contribution in [0.1, 0.15) is 22.7 Å². The topological polar surface area (TPSA) is 78.0 Å². The molecule has 0 aliphatic rings. The molecule has 0 radical (unpaired) electrons. The number of anilines is 1. The lowest BCUT2D eigenvalue weighted by Gasteiger charge is -2.26. The third kappa shape index (κ3) is 6.80. The Balaban J connectivity index is 2.06. The van der Waals surface area contributed by atoms with Crippen molar-refractivity contribution in [2.24, 2.45) is 4.99 Å². The smallest absolute Gasteiger partial charge is 0.347 e. The van der Waals surface area contributed by atoms with E-state index in [1.807, 2.05) is 0 Å². The van der Waals surface area contributed by atoms with E-state index in [2.05, 4.69) is 20.6 Å². The van der Waals surface area contributed by atoms with Gasteiger partial charge in [-0.2, -0.15) is 31.6 Å². The summed E-state index contributed by atoms with van der Waals surface area (Å²) in [5.74, 6) is -0.296. The maximum Gasteiger partial charge on any atom is 0.416 e. The maximum atomic E-state index is 13.8. The molecule has 1 unspecified atom stereocenters. The second kappa shape index (κ2) is 10.5. The largest absolute Gasteiger partial charge is 0.416 e. The standard InChI is InChI=1S/C21H14Cl2F6N6/c22-13-2-4-17(16(23)8-13)33-19(32-10-30)34-18(9-35-6-5-31-11-35)14-3-1-12(20(24,25)26)7-15(14)21(27,28)29/h1-8,11,18H,9H2,(H2,32,33,34). The number of benzene rings is 2. The van der Waals surface area contributed by atoms with Gasteiger partial charge in [0, 0.05) is 24.0 Å². The second-order valence-corrected chi connectivity index (χ2v) is 7.91. The van der Waals surface area contributed by atoms with Gasteiger partial charge in [0.05, 0.1) is 34.2 Å². The number of aromatic nitrogens is 2. The van der Waals surface area contributed by atoms with Gasteiger partial charge in [-0.25, -0.2) is 4.98 Å². The number of halogens is 8. The van der Waals surface area contributed by atoms with E-state index >= 15 is 0 Å². The molecule has 1 atom stereocenters.